The molecule has 2 heteroatoms. The van der Waals surface area contributed by atoms with Crippen LogP contribution in [-0.4, -0.2) is 11.6 Å². The molecule has 1 aromatic heterocycles. The zero-order chi connectivity index (χ0) is 14.5. The van der Waals surface area contributed by atoms with Crippen LogP contribution >= 0.6 is 0 Å². The molecule has 0 atom stereocenters. The Morgan fingerprint density at radius 3 is 2.68 bits per heavy atom. The molecule has 5 rings (SSSR count). The van der Waals surface area contributed by atoms with Crippen LogP contribution in [0.5, 0.6) is 5.75 Å². The first kappa shape index (κ1) is 11.8. The average molecular weight is 283 g/mol. The van der Waals surface area contributed by atoms with Gasteiger partial charge in [-0.1, -0.05) is 48.5 Å². The Morgan fingerprint density at radius 2 is 1.68 bits per heavy atom. The zero-order valence-electron chi connectivity index (χ0n) is 11.9. The second kappa shape index (κ2) is 4.31. The lowest BCUT2D eigenvalue weighted by molar-refractivity contribution is 0.357. The number of hydrogen-bond acceptors (Lipinski definition) is 2. The first-order valence-corrected chi connectivity index (χ1v) is 7.45. The van der Waals surface area contributed by atoms with E-state index in [1.807, 2.05) is 12.2 Å². The van der Waals surface area contributed by atoms with Crippen molar-refractivity contribution in [3.63, 3.8) is 0 Å². The summed E-state index contributed by atoms with van der Waals surface area (Å²) in [6.45, 7) is 0.623. The van der Waals surface area contributed by atoms with Gasteiger partial charge in [-0.2, -0.15) is 0 Å². The van der Waals surface area contributed by atoms with E-state index in [0.717, 1.165) is 22.3 Å². The number of aromatic nitrogens is 1. The number of hydrogen-bond donors (Lipinski definition) is 0. The van der Waals surface area contributed by atoms with Gasteiger partial charge in [0.25, 0.3) is 0 Å². The van der Waals surface area contributed by atoms with Gasteiger partial charge in [0.15, 0.2) is 0 Å². The maximum absolute atomic E-state index is 5.66. The Bertz CT molecular complexity index is 1080. The Labute approximate surface area is 127 Å². The molecule has 0 bridgehead atoms. The SMILES string of the molecule is C1=Cc2nc3c(ccc4c5ccccc5ccc43)cc2OC1. The summed E-state index contributed by atoms with van der Waals surface area (Å²) in [5.74, 6) is 0.870. The number of benzene rings is 3. The first-order chi connectivity index (χ1) is 10.9. The van der Waals surface area contributed by atoms with Crippen molar-refractivity contribution < 1.29 is 4.74 Å². The molecule has 1 aliphatic rings. The Morgan fingerprint density at radius 1 is 0.818 bits per heavy atom. The van der Waals surface area contributed by atoms with Crippen molar-refractivity contribution in [2.75, 3.05) is 6.61 Å². The Hall–Kier alpha value is -2.87. The van der Waals surface area contributed by atoms with Gasteiger partial charge in [0.05, 0.1) is 5.52 Å². The van der Waals surface area contributed by atoms with E-state index >= 15 is 0 Å². The third-order valence-electron chi connectivity index (χ3n) is 4.31. The highest BCUT2D eigenvalue weighted by Gasteiger charge is 2.11. The third kappa shape index (κ3) is 1.58. The molecule has 0 saturated carbocycles. The lowest BCUT2D eigenvalue weighted by atomic mass is 9.99. The molecule has 104 valence electrons. The van der Waals surface area contributed by atoms with Gasteiger partial charge in [-0.15, -0.1) is 0 Å². The van der Waals surface area contributed by atoms with E-state index in [1.165, 1.54) is 21.5 Å². The molecule has 0 saturated heterocycles. The monoisotopic (exact) mass is 283 g/mol. The normalized spacial score (nSPS) is 13.5. The van der Waals surface area contributed by atoms with Gasteiger partial charge < -0.3 is 4.74 Å². The molecule has 2 nitrogen and oxygen atoms in total. The van der Waals surface area contributed by atoms with E-state index in [2.05, 4.69) is 54.6 Å². The average Bonchev–Trinajstić information content (AvgIpc) is 2.59. The van der Waals surface area contributed by atoms with Crippen molar-refractivity contribution in [2.45, 2.75) is 0 Å². The van der Waals surface area contributed by atoms with E-state index < -0.39 is 0 Å². The van der Waals surface area contributed by atoms with Gasteiger partial charge >= 0.3 is 0 Å². The summed E-state index contributed by atoms with van der Waals surface area (Å²) in [6, 6.07) is 19.2. The largest absolute Gasteiger partial charge is 0.487 e. The van der Waals surface area contributed by atoms with Gasteiger partial charge in [-0.25, -0.2) is 4.98 Å². The van der Waals surface area contributed by atoms with Gasteiger partial charge in [0.2, 0.25) is 0 Å². The van der Waals surface area contributed by atoms with Crippen molar-refractivity contribution >= 4 is 38.5 Å². The van der Waals surface area contributed by atoms with E-state index in [1.54, 1.807) is 0 Å². The first-order valence-electron chi connectivity index (χ1n) is 7.45. The number of fused-ring (bicyclic) bond motifs is 6. The van der Waals surface area contributed by atoms with Crippen LogP contribution in [0.4, 0.5) is 0 Å². The predicted octanol–water partition coefficient (Wildman–Crippen LogP) is 4.95. The van der Waals surface area contributed by atoms with E-state index in [0.29, 0.717) is 6.61 Å². The molecule has 3 aromatic carbocycles. The molecule has 0 radical (unpaired) electrons. The molecular formula is C20H13NO. The summed E-state index contributed by atoms with van der Waals surface area (Å²) >= 11 is 0. The van der Waals surface area contributed by atoms with Crippen LogP contribution in [0.3, 0.4) is 0 Å². The Balaban J connectivity index is 1.95. The van der Waals surface area contributed by atoms with Gasteiger partial charge in [0, 0.05) is 10.8 Å². The summed E-state index contributed by atoms with van der Waals surface area (Å²) in [5.41, 5.74) is 1.96. The number of ether oxygens (including phenoxy) is 1. The highest BCUT2D eigenvalue weighted by Crippen LogP contribution is 2.33. The van der Waals surface area contributed by atoms with E-state index in [-0.39, 0.29) is 0 Å². The minimum absolute atomic E-state index is 0.623. The van der Waals surface area contributed by atoms with Crippen molar-refractivity contribution in [1.29, 1.82) is 0 Å². The molecule has 0 spiro atoms. The van der Waals surface area contributed by atoms with E-state index in [9.17, 15) is 0 Å². The van der Waals surface area contributed by atoms with Crippen LogP contribution in [0, 0.1) is 0 Å². The summed E-state index contributed by atoms with van der Waals surface area (Å²) in [4.78, 5) is 4.84. The lowest BCUT2D eigenvalue weighted by Gasteiger charge is -2.14. The summed E-state index contributed by atoms with van der Waals surface area (Å²) < 4.78 is 5.66. The maximum Gasteiger partial charge on any atom is 0.146 e. The van der Waals surface area contributed by atoms with Crippen molar-refractivity contribution in [2.24, 2.45) is 0 Å². The molecule has 2 heterocycles. The fourth-order valence-electron chi connectivity index (χ4n) is 3.25. The fourth-order valence-corrected chi connectivity index (χ4v) is 3.25. The van der Waals surface area contributed by atoms with Gasteiger partial charge in [-0.3, -0.25) is 0 Å². The molecule has 1 aliphatic heterocycles. The lowest BCUT2D eigenvalue weighted by Crippen LogP contribution is -2.02. The van der Waals surface area contributed by atoms with Crippen LogP contribution in [-0.2, 0) is 0 Å². The molecule has 22 heavy (non-hydrogen) atoms. The van der Waals surface area contributed by atoms with Crippen molar-refractivity contribution in [3.05, 3.63) is 66.4 Å². The quantitative estimate of drug-likeness (QED) is 0.426. The number of nitrogens with zero attached hydrogens (tertiary/aromatic N) is 1. The topological polar surface area (TPSA) is 22.1 Å². The molecule has 4 aromatic rings. The predicted molar refractivity (Wildman–Crippen MR) is 91.3 cm³/mol. The number of pyridine rings is 1. The van der Waals surface area contributed by atoms with Crippen LogP contribution in [0.1, 0.15) is 5.69 Å². The molecule has 0 amide bonds. The summed E-state index contributed by atoms with van der Waals surface area (Å²) in [6.07, 6.45) is 4.04. The van der Waals surface area contributed by atoms with Crippen molar-refractivity contribution in [1.82, 2.24) is 4.98 Å². The van der Waals surface area contributed by atoms with Gasteiger partial charge in [0.1, 0.15) is 18.1 Å². The highest BCUT2D eigenvalue weighted by atomic mass is 16.5. The van der Waals surface area contributed by atoms with Crippen LogP contribution in [0.15, 0.2) is 60.7 Å². The molecule has 0 fully saturated rings. The summed E-state index contributed by atoms with van der Waals surface area (Å²) in [7, 11) is 0. The second-order valence-corrected chi connectivity index (χ2v) is 5.60. The van der Waals surface area contributed by atoms with Crippen LogP contribution in [0.25, 0.3) is 38.5 Å². The minimum Gasteiger partial charge on any atom is -0.487 e. The molecule has 0 aliphatic carbocycles. The zero-order valence-corrected chi connectivity index (χ0v) is 11.9. The third-order valence-corrected chi connectivity index (χ3v) is 4.31. The highest BCUT2D eigenvalue weighted by molar-refractivity contribution is 6.16. The Kier molecular flexibility index (Phi) is 2.30. The standard InChI is InChI=1S/C20H13NO/c1-2-5-15-13(4-1)7-10-17-16(15)9-8-14-12-19-18(21-20(14)17)6-3-11-22-19/h1-10,12H,11H2. The minimum atomic E-state index is 0.623. The fraction of sp³-hybridized carbons (Fsp3) is 0.0500. The van der Waals surface area contributed by atoms with Crippen LogP contribution < -0.4 is 4.74 Å². The maximum atomic E-state index is 5.66. The molecular weight excluding hydrogens is 270 g/mol. The van der Waals surface area contributed by atoms with Gasteiger partial charge in [-0.05, 0) is 34.4 Å². The molecule has 0 N–H and O–H groups in total. The summed E-state index contributed by atoms with van der Waals surface area (Å²) in [5, 5.41) is 6.09. The number of rotatable bonds is 0. The van der Waals surface area contributed by atoms with Crippen molar-refractivity contribution in [3.8, 4) is 5.75 Å². The smallest absolute Gasteiger partial charge is 0.146 e. The second-order valence-electron chi connectivity index (χ2n) is 5.60. The molecule has 0 unspecified atom stereocenters. The van der Waals surface area contributed by atoms with Crippen LogP contribution in [0.2, 0.25) is 0 Å². The van der Waals surface area contributed by atoms with E-state index in [4.69, 9.17) is 9.72 Å².